The highest BCUT2D eigenvalue weighted by molar-refractivity contribution is 7.91. The average Bonchev–Trinajstić information content (AvgIpc) is 2.70. The molecule has 0 bridgehead atoms. The van der Waals surface area contributed by atoms with Crippen LogP contribution < -0.4 is 10.6 Å². The molecule has 0 saturated carbocycles. The Bertz CT molecular complexity index is 528. The molecule has 1 aromatic rings. The Kier molecular flexibility index (Phi) is 4.55. The predicted molar refractivity (Wildman–Crippen MR) is 73.4 cm³/mol. The Morgan fingerprint density at radius 1 is 1.26 bits per heavy atom. The fraction of sp³-hybridized carbons (Fsp3) is 0.462. The molecule has 1 unspecified atom stereocenters. The molecule has 1 amide bonds. The van der Waals surface area contributed by atoms with Crippen molar-refractivity contribution in [3.05, 3.63) is 35.9 Å². The Hall–Kier alpha value is -1.40. The summed E-state index contributed by atoms with van der Waals surface area (Å²) in [5.41, 5.74) is 1.11. The molecule has 0 aromatic heterocycles. The van der Waals surface area contributed by atoms with Gasteiger partial charge in [-0.2, -0.15) is 0 Å². The molecule has 0 radical (unpaired) electrons. The lowest BCUT2D eigenvalue weighted by Gasteiger charge is -2.11. The molecule has 6 heteroatoms. The van der Waals surface area contributed by atoms with Gasteiger partial charge in [0.05, 0.1) is 18.1 Å². The van der Waals surface area contributed by atoms with Gasteiger partial charge >= 0.3 is 0 Å². The van der Waals surface area contributed by atoms with Gasteiger partial charge in [-0.25, -0.2) is 8.42 Å². The average molecular weight is 282 g/mol. The number of carbonyl (C=O) groups is 1. The molecule has 0 spiro atoms. The van der Waals surface area contributed by atoms with Gasteiger partial charge in [-0.1, -0.05) is 30.3 Å². The fourth-order valence-corrected chi connectivity index (χ4v) is 3.78. The first-order chi connectivity index (χ1) is 9.05. The van der Waals surface area contributed by atoms with Crippen LogP contribution in [0, 0.1) is 0 Å². The summed E-state index contributed by atoms with van der Waals surface area (Å²) in [6.07, 6.45) is 0.521. The van der Waals surface area contributed by atoms with Crippen LogP contribution in [0.4, 0.5) is 0 Å². The minimum absolute atomic E-state index is 0.0669. The van der Waals surface area contributed by atoms with E-state index in [9.17, 15) is 13.2 Å². The highest BCUT2D eigenvalue weighted by Crippen LogP contribution is 2.10. The third kappa shape index (κ3) is 4.65. The van der Waals surface area contributed by atoms with E-state index in [1.807, 2.05) is 30.3 Å². The minimum atomic E-state index is -2.94. The van der Waals surface area contributed by atoms with Crippen LogP contribution in [0.1, 0.15) is 12.0 Å². The standard InChI is InChI=1S/C13H18N2O3S/c16-13(15-12-6-7-19(17,18)10-12)9-14-8-11-4-2-1-3-5-11/h1-5,12,14H,6-10H2,(H,15,16). The van der Waals surface area contributed by atoms with Crippen LogP contribution in [0.25, 0.3) is 0 Å². The third-order valence-corrected chi connectivity index (χ3v) is 4.82. The van der Waals surface area contributed by atoms with E-state index in [0.717, 1.165) is 5.56 Å². The van der Waals surface area contributed by atoms with Crippen LogP contribution in [0.2, 0.25) is 0 Å². The van der Waals surface area contributed by atoms with Crippen molar-refractivity contribution in [2.24, 2.45) is 0 Å². The van der Waals surface area contributed by atoms with Gasteiger partial charge < -0.3 is 10.6 Å². The number of rotatable bonds is 5. The molecule has 2 N–H and O–H groups in total. The maximum absolute atomic E-state index is 11.6. The van der Waals surface area contributed by atoms with Crippen molar-refractivity contribution in [3.63, 3.8) is 0 Å². The smallest absolute Gasteiger partial charge is 0.234 e. The zero-order valence-electron chi connectivity index (χ0n) is 10.6. The summed E-state index contributed by atoms with van der Waals surface area (Å²) in [5.74, 6) is 0.0883. The monoisotopic (exact) mass is 282 g/mol. The van der Waals surface area contributed by atoms with Crippen molar-refractivity contribution in [2.75, 3.05) is 18.1 Å². The Morgan fingerprint density at radius 2 is 2.00 bits per heavy atom. The first kappa shape index (κ1) is 14.0. The molecular weight excluding hydrogens is 264 g/mol. The highest BCUT2D eigenvalue weighted by Gasteiger charge is 2.28. The molecule has 1 aliphatic rings. The zero-order chi connectivity index (χ0) is 13.7. The normalized spacial score (nSPS) is 21.2. The van der Waals surface area contributed by atoms with Gasteiger partial charge in [0.15, 0.2) is 9.84 Å². The highest BCUT2D eigenvalue weighted by atomic mass is 32.2. The van der Waals surface area contributed by atoms with Gasteiger partial charge in [0, 0.05) is 12.6 Å². The molecule has 1 saturated heterocycles. The van der Waals surface area contributed by atoms with Gasteiger partial charge in [-0.05, 0) is 12.0 Å². The van der Waals surface area contributed by atoms with E-state index in [4.69, 9.17) is 0 Å². The van der Waals surface area contributed by atoms with Gasteiger partial charge in [0.25, 0.3) is 0 Å². The quantitative estimate of drug-likeness (QED) is 0.802. The molecule has 1 fully saturated rings. The summed E-state index contributed by atoms with van der Waals surface area (Å²) < 4.78 is 22.5. The fourth-order valence-electron chi connectivity index (χ4n) is 2.10. The maximum atomic E-state index is 11.6. The molecular formula is C13H18N2O3S. The molecule has 1 aliphatic heterocycles. The van der Waals surface area contributed by atoms with Gasteiger partial charge in [0.1, 0.15) is 0 Å². The summed E-state index contributed by atoms with van der Waals surface area (Å²) in [6.45, 7) is 0.822. The van der Waals surface area contributed by atoms with Crippen LogP contribution in [0.5, 0.6) is 0 Å². The van der Waals surface area contributed by atoms with E-state index in [1.165, 1.54) is 0 Å². The lowest BCUT2D eigenvalue weighted by molar-refractivity contribution is -0.120. The summed E-state index contributed by atoms with van der Waals surface area (Å²) >= 11 is 0. The lowest BCUT2D eigenvalue weighted by atomic mass is 10.2. The number of sulfone groups is 1. The summed E-state index contributed by atoms with van der Waals surface area (Å²) in [4.78, 5) is 11.6. The number of benzene rings is 1. The number of carbonyl (C=O) groups excluding carboxylic acids is 1. The summed E-state index contributed by atoms with van der Waals surface area (Å²) in [7, 11) is -2.94. The van der Waals surface area contributed by atoms with Crippen LogP contribution in [-0.2, 0) is 21.2 Å². The Labute approximate surface area is 113 Å². The predicted octanol–water partition coefficient (Wildman–Crippen LogP) is 0.0795. The van der Waals surface area contributed by atoms with Crippen LogP contribution in [-0.4, -0.2) is 38.4 Å². The van der Waals surface area contributed by atoms with E-state index in [2.05, 4.69) is 10.6 Å². The van der Waals surface area contributed by atoms with E-state index < -0.39 is 9.84 Å². The van der Waals surface area contributed by atoms with Gasteiger partial charge in [-0.15, -0.1) is 0 Å². The van der Waals surface area contributed by atoms with Crippen molar-refractivity contribution in [1.29, 1.82) is 0 Å². The van der Waals surface area contributed by atoms with Crippen molar-refractivity contribution in [2.45, 2.75) is 19.0 Å². The molecule has 19 heavy (non-hydrogen) atoms. The molecule has 2 rings (SSSR count). The second-order valence-corrected chi connectivity index (χ2v) is 6.99. The number of amides is 1. The van der Waals surface area contributed by atoms with E-state index >= 15 is 0 Å². The zero-order valence-corrected chi connectivity index (χ0v) is 11.4. The van der Waals surface area contributed by atoms with Crippen LogP contribution in [0.3, 0.4) is 0 Å². The van der Waals surface area contributed by atoms with Crippen molar-refractivity contribution in [3.8, 4) is 0 Å². The number of hydrogen-bond acceptors (Lipinski definition) is 4. The largest absolute Gasteiger partial charge is 0.351 e. The Morgan fingerprint density at radius 3 is 2.63 bits per heavy atom. The van der Waals surface area contributed by atoms with E-state index in [1.54, 1.807) is 0 Å². The second-order valence-electron chi connectivity index (χ2n) is 4.76. The number of nitrogens with one attached hydrogen (secondary N) is 2. The first-order valence-electron chi connectivity index (χ1n) is 6.29. The minimum Gasteiger partial charge on any atom is -0.351 e. The van der Waals surface area contributed by atoms with Gasteiger partial charge in [0.2, 0.25) is 5.91 Å². The van der Waals surface area contributed by atoms with Crippen LogP contribution >= 0.6 is 0 Å². The molecule has 1 heterocycles. The first-order valence-corrected chi connectivity index (χ1v) is 8.12. The second kappa shape index (κ2) is 6.16. The van der Waals surface area contributed by atoms with E-state index in [-0.39, 0.29) is 30.0 Å². The van der Waals surface area contributed by atoms with E-state index in [0.29, 0.717) is 13.0 Å². The Balaban J connectivity index is 1.68. The SMILES string of the molecule is O=C(CNCc1ccccc1)NC1CCS(=O)(=O)C1. The van der Waals surface area contributed by atoms with Crippen LogP contribution in [0.15, 0.2) is 30.3 Å². The number of hydrogen-bond donors (Lipinski definition) is 2. The van der Waals surface area contributed by atoms with Crippen molar-refractivity contribution >= 4 is 15.7 Å². The van der Waals surface area contributed by atoms with Gasteiger partial charge in [-0.3, -0.25) is 4.79 Å². The molecule has 104 valence electrons. The maximum Gasteiger partial charge on any atom is 0.234 e. The summed E-state index contributed by atoms with van der Waals surface area (Å²) in [5, 5.41) is 5.77. The molecule has 5 nitrogen and oxygen atoms in total. The topological polar surface area (TPSA) is 75.3 Å². The molecule has 1 atom stereocenters. The third-order valence-electron chi connectivity index (χ3n) is 3.06. The van der Waals surface area contributed by atoms with Crippen molar-refractivity contribution < 1.29 is 13.2 Å². The molecule has 0 aliphatic carbocycles. The lowest BCUT2D eigenvalue weighted by Crippen LogP contribution is -2.40. The summed E-state index contributed by atoms with van der Waals surface area (Å²) in [6, 6.07) is 9.57. The molecule has 1 aromatic carbocycles. The van der Waals surface area contributed by atoms with Crippen molar-refractivity contribution in [1.82, 2.24) is 10.6 Å².